The average molecular weight is 490 g/mol. The molecule has 0 saturated carbocycles. The van der Waals surface area contributed by atoms with Gasteiger partial charge in [-0.15, -0.1) is 0 Å². The fourth-order valence-electron chi connectivity index (χ4n) is 3.63. The van der Waals surface area contributed by atoms with Gasteiger partial charge >= 0.3 is 11.4 Å². The molecule has 0 aromatic heterocycles. The van der Waals surface area contributed by atoms with E-state index in [0.717, 1.165) is 0 Å². The van der Waals surface area contributed by atoms with Crippen molar-refractivity contribution in [1.29, 1.82) is 0 Å². The topological polar surface area (TPSA) is 81.7 Å². The molecule has 0 N–H and O–H groups in total. The fourth-order valence-corrected chi connectivity index (χ4v) is 4.35. The molecule has 4 rings (SSSR count). The third-order valence-corrected chi connectivity index (χ3v) is 5.62. The van der Waals surface area contributed by atoms with Gasteiger partial charge in [0.2, 0.25) is 34.8 Å². The molecule has 1 aromatic carbocycles. The highest BCUT2D eigenvalue weighted by molar-refractivity contribution is 7.75. The molecule has 1 unspecified atom stereocenters. The Morgan fingerprint density at radius 2 is 1.44 bits per heavy atom. The van der Waals surface area contributed by atoms with Gasteiger partial charge in [-0.25, -0.2) is 17.4 Å². The second-order valence-electron chi connectivity index (χ2n) is 8.18. The van der Waals surface area contributed by atoms with Crippen molar-refractivity contribution in [2.24, 2.45) is 0 Å². The van der Waals surface area contributed by atoms with E-state index < -0.39 is 88.5 Å². The lowest BCUT2D eigenvalue weighted by atomic mass is 10.1. The van der Waals surface area contributed by atoms with Crippen LogP contribution in [-0.4, -0.2) is 53.1 Å². The van der Waals surface area contributed by atoms with E-state index in [1.165, 1.54) is 0 Å². The molecule has 32 heavy (non-hydrogen) atoms. The molecule has 3 heterocycles. The summed E-state index contributed by atoms with van der Waals surface area (Å²) in [6, 6.07) is 0. The quantitative estimate of drug-likeness (QED) is 0.354. The van der Waals surface area contributed by atoms with Crippen LogP contribution in [0.25, 0.3) is 0 Å². The van der Waals surface area contributed by atoms with Crippen LogP contribution in [0.5, 0.6) is 5.75 Å². The maximum Gasteiger partial charge on any atom is 0.360 e. The summed E-state index contributed by atoms with van der Waals surface area (Å²) in [4.78, 5) is 0. The van der Waals surface area contributed by atoms with Crippen LogP contribution in [-0.2, 0) is 39.2 Å². The number of hydrogen-bond acceptors (Lipinski definition) is 8. The first kappa shape index (κ1) is 23.7. The minimum absolute atomic E-state index is 0.0610. The van der Waals surface area contributed by atoms with Crippen LogP contribution in [0.4, 0.5) is 22.0 Å². The molecular weight excluding hydrogens is 471 g/mol. The summed E-state index contributed by atoms with van der Waals surface area (Å²) in [6.07, 6.45) is -4.88. The lowest BCUT2D eigenvalue weighted by molar-refractivity contribution is -0.230. The fraction of sp³-hybridized carbons (Fsp3) is 0.667. The highest BCUT2D eigenvalue weighted by Gasteiger charge is 2.60. The lowest BCUT2D eigenvalue weighted by Gasteiger charge is -2.28. The van der Waals surface area contributed by atoms with E-state index in [2.05, 4.69) is 4.18 Å². The molecule has 8 nitrogen and oxygen atoms in total. The van der Waals surface area contributed by atoms with Crippen LogP contribution in [0.15, 0.2) is 0 Å². The summed E-state index contributed by atoms with van der Waals surface area (Å²) in [5.74, 6) is -15.3. The summed E-state index contributed by atoms with van der Waals surface area (Å²) in [6.45, 7) is 6.53. The minimum Gasteiger partial charge on any atom is -0.373 e. The number of rotatable bonds is 5. The first-order chi connectivity index (χ1) is 14.8. The predicted molar refractivity (Wildman–Crippen MR) is 93.5 cm³/mol. The summed E-state index contributed by atoms with van der Waals surface area (Å²) >= 11 is -3.03. The Hall–Kier alpha value is -1.42. The van der Waals surface area contributed by atoms with Crippen molar-refractivity contribution in [3.05, 3.63) is 29.1 Å². The Morgan fingerprint density at radius 3 is 2.00 bits per heavy atom. The molecule has 14 heteroatoms. The van der Waals surface area contributed by atoms with E-state index in [4.69, 9.17) is 27.9 Å². The van der Waals surface area contributed by atoms with Crippen LogP contribution in [0.3, 0.4) is 0 Å². The molecule has 3 saturated heterocycles. The molecule has 0 bridgehead atoms. The molecule has 1 aromatic rings. The molecule has 0 radical (unpaired) electrons. The zero-order valence-corrected chi connectivity index (χ0v) is 18.0. The largest absolute Gasteiger partial charge is 0.373 e. The van der Waals surface area contributed by atoms with Crippen LogP contribution in [0.1, 0.15) is 27.7 Å². The number of benzene rings is 1. The van der Waals surface area contributed by atoms with E-state index in [1.807, 2.05) is 0 Å². The average Bonchev–Trinajstić information content (AvgIpc) is 3.31. The molecule has 180 valence electrons. The van der Waals surface area contributed by atoms with E-state index in [9.17, 15) is 26.2 Å². The summed E-state index contributed by atoms with van der Waals surface area (Å²) in [5, 5.41) is 0. The van der Waals surface area contributed by atoms with Gasteiger partial charge in [0.1, 0.15) is 24.4 Å². The van der Waals surface area contributed by atoms with Crippen molar-refractivity contribution < 1.29 is 58.2 Å². The van der Waals surface area contributed by atoms with E-state index >= 15 is 0 Å². The molecule has 6 atom stereocenters. The van der Waals surface area contributed by atoms with E-state index in [0.29, 0.717) is 0 Å². The van der Waals surface area contributed by atoms with E-state index in [-0.39, 0.29) is 6.61 Å². The highest BCUT2D eigenvalue weighted by Crippen LogP contribution is 2.42. The minimum atomic E-state index is -3.03. The molecule has 0 aliphatic carbocycles. The van der Waals surface area contributed by atoms with Crippen LogP contribution >= 0.6 is 0 Å². The number of fused-ring (bicyclic) bond motifs is 1. The van der Waals surface area contributed by atoms with Crippen molar-refractivity contribution in [2.45, 2.75) is 70.0 Å². The van der Waals surface area contributed by atoms with Crippen LogP contribution in [0, 0.1) is 29.1 Å². The van der Waals surface area contributed by atoms with Crippen molar-refractivity contribution >= 4 is 11.4 Å². The smallest absolute Gasteiger partial charge is 0.360 e. The second kappa shape index (κ2) is 8.11. The van der Waals surface area contributed by atoms with Gasteiger partial charge in [-0.1, -0.05) is 0 Å². The summed E-state index contributed by atoms with van der Waals surface area (Å²) in [7, 11) is 0. The van der Waals surface area contributed by atoms with Crippen molar-refractivity contribution in [3.63, 3.8) is 0 Å². The third kappa shape index (κ3) is 4.24. The second-order valence-corrected chi connectivity index (χ2v) is 8.95. The number of halogens is 5. The molecular formula is C18H19F5O8S. The zero-order chi connectivity index (χ0) is 23.6. The van der Waals surface area contributed by atoms with Crippen LogP contribution < -0.4 is 4.18 Å². The van der Waals surface area contributed by atoms with Gasteiger partial charge in [-0.05, 0) is 27.7 Å². The molecule has 0 spiro atoms. The maximum absolute atomic E-state index is 13.9. The first-order valence-corrected chi connectivity index (χ1v) is 10.4. The van der Waals surface area contributed by atoms with Gasteiger partial charge in [0.05, 0.1) is 6.61 Å². The zero-order valence-electron chi connectivity index (χ0n) is 17.2. The summed E-state index contributed by atoms with van der Waals surface area (Å²) in [5.41, 5.74) is 0. The van der Waals surface area contributed by atoms with Gasteiger partial charge in [0.15, 0.2) is 17.9 Å². The van der Waals surface area contributed by atoms with Crippen LogP contribution in [0.2, 0.25) is 0 Å². The predicted octanol–water partition coefficient (Wildman–Crippen LogP) is 2.75. The van der Waals surface area contributed by atoms with Gasteiger partial charge < -0.3 is 27.9 Å². The van der Waals surface area contributed by atoms with Crippen molar-refractivity contribution in [3.8, 4) is 5.75 Å². The normalized spacial score (nSPS) is 34.0. The third-order valence-electron chi connectivity index (χ3n) is 4.93. The van der Waals surface area contributed by atoms with Gasteiger partial charge in [0.25, 0.3) is 0 Å². The highest BCUT2D eigenvalue weighted by atomic mass is 32.2. The van der Waals surface area contributed by atoms with Gasteiger partial charge in [0, 0.05) is 0 Å². The number of ether oxygens (including phenoxy) is 5. The van der Waals surface area contributed by atoms with Gasteiger partial charge in [-0.2, -0.15) is 13.0 Å². The molecule has 3 aliphatic heterocycles. The van der Waals surface area contributed by atoms with Gasteiger partial charge in [-0.3, -0.25) is 0 Å². The first-order valence-electron chi connectivity index (χ1n) is 9.41. The Kier molecular flexibility index (Phi) is 6.01. The number of hydrogen-bond donors (Lipinski definition) is 0. The standard InChI is InChI=1S/C18H19F5O8S/c1-17(2)25-5-6(27-17)12-14(15-16(26-12)29-18(3,4)28-15)31-32(24)30-13-10(22)8(20)7(19)9(21)11(13)23/h6,12,14-16H,5H2,1-4H3/t6-,12-,14+,15-,16-,32?/m1/s1. The summed E-state index contributed by atoms with van der Waals surface area (Å²) < 4.78 is 118. The Morgan fingerprint density at radius 1 is 0.844 bits per heavy atom. The molecule has 3 fully saturated rings. The monoisotopic (exact) mass is 490 g/mol. The van der Waals surface area contributed by atoms with E-state index in [1.54, 1.807) is 27.7 Å². The Balaban J connectivity index is 1.56. The maximum atomic E-state index is 13.9. The Bertz CT molecular complexity index is 915. The molecule has 0 amide bonds. The lowest BCUT2D eigenvalue weighted by Crippen LogP contribution is -2.44. The Labute approximate surface area is 181 Å². The van der Waals surface area contributed by atoms with Crippen molar-refractivity contribution in [1.82, 2.24) is 0 Å². The van der Waals surface area contributed by atoms with Crippen molar-refractivity contribution in [2.75, 3.05) is 6.61 Å². The molecule has 3 aliphatic rings. The SMILES string of the molecule is CC1(C)O[C@H]2O[C@H]([C@H]3COC(C)(C)O3)[C@H](OS(=O)Oc3c(F)c(F)c(F)c(F)c3F)[C@H]2O1.